The molecule has 0 fully saturated rings. The Bertz CT molecular complexity index is 462. The van der Waals surface area contributed by atoms with Crippen LogP contribution in [0, 0.1) is 5.92 Å². The Kier molecular flexibility index (Phi) is 7.77. The molecule has 1 aromatic carbocycles. The van der Waals surface area contributed by atoms with Crippen molar-refractivity contribution in [2.24, 2.45) is 5.92 Å². The van der Waals surface area contributed by atoms with Crippen molar-refractivity contribution in [3.05, 3.63) is 35.9 Å². The first kappa shape index (κ1) is 18.3. The van der Waals surface area contributed by atoms with Gasteiger partial charge < -0.3 is 9.69 Å². The number of benzene rings is 1. The predicted octanol–water partition coefficient (Wildman–Crippen LogP) is 2.28. The van der Waals surface area contributed by atoms with Crippen molar-refractivity contribution >= 4 is 12.2 Å². The molecular formula is C17H26N2O3. The molecule has 122 valence electrons. The number of rotatable bonds is 9. The van der Waals surface area contributed by atoms with E-state index in [4.69, 9.17) is 4.84 Å². The fraction of sp³-hybridized carbons (Fsp3) is 0.529. The van der Waals surface area contributed by atoms with Crippen molar-refractivity contribution < 1.29 is 14.4 Å². The summed E-state index contributed by atoms with van der Waals surface area (Å²) < 4.78 is 0. The molecule has 1 aromatic rings. The Morgan fingerprint density at radius 3 is 2.45 bits per heavy atom. The maximum Gasteiger partial charge on any atom is 0.274 e. The molecule has 0 saturated heterocycles. The summed E-state index contributed by atoms with van der Waals surface area (Å²) in [5, 5.41) is 0. The minimum Gasteiger partial charge on any atom is -0.303 e. The lowest BCUT2D eigenvalue weighted by Gasteiger charge is -2.27. The van der Waals surface area contributed by atoms with Gasteiger partial charge in [-0.25, -0.2) is 5.48 Å². The number of nitrogens with zero attached hydrogens (tertiary/aromatic N) is 1. The number of amides is 1. The highest BCUT2D eigenvalue weighted by Gasteiger charge is 2.18. The zero-order valence-electron chi connectivity index (χ0n) is 13.8. The second-order valence-corrected chi connectivity index (χ2v) is 6.01. The van der Waals surface area contributed by atoms with E-state index >= 15 is 0 Å². The van der Waals surface area contributed by atoms with E-state index in [2.05, 4.69) is 24.2 Å². The molecule has 0 aliphatic rings. The standard InChI is InChI=1S/C17H26N2O3/c1-13(2)11-19(4)14(3)10-16(12-20)22-18-17(21)15-8-6-5-7-9-15/h5-9,12-14,16H,10-11H2,1-4H3,(H,18,21)/t14?,16-/m1/s1. The maximum atomic E-state index is 11.9. The van der Waals surface area contributed by atoms with Crippen LogP contribution in [0.5, 0.6) is 0 Å². The van der Waals surface area contributed by atoms with Gasteiger partial charge in [-0.3, -0.25) is 9.63 Å². The molecule has 2 atom stereocenters. The molecule has 0 radical (unpaired) electrons. The van der Waals surface area contributed by atoms with E-state index in [1.807, 2.05) is 20.0 Å². The normalized spacial score (nSPS) is 13.9. The van der Waals surface area contributed by atoms with Crippen molar-refractivity contribution in [1.82, 2.24) is 10.4 Å². The zero-order valence-corrected chi connectivity index (χ0v) is 13.8. The Morgan fingerprint density at radius 2 is 1.91 bits per heavy atom. The molecule has 0 aromatic heterocycles. The molecule has 1 N–H and O–H groups in total. The van der Waals surface area contributed by atoms with Crippen LogP contribution in [0.4, 0.5) is 0 Å². The molecular weight excluding hydrogens is 280 g/mol. The van der Waals surface area contributed by atoms with Crippen LogP contribution in [0.3, 0.4) is 0 Å². The average molecular weight is 306 g/mol. The molecule has 1 amide bonds. The van der Waals surface area contributed by atoms with Crippen LogP contribution in [-0.2, 0) is 9.63 Å². The Hall–Kier alpha value is -1.72. The van der Waals surface area contributed by atoms with Crippen LogP contribution in [-0.4, -0.2) is 42.8 Å². The van der Waals surface area contributed by atoms with E-state index in [1.165, 1.54) is 0 Å². The maximum absolute atomic E-state index is 11.9. The number of nitrogens with one attached hydrogen (secondary N) is 1. The SMILES string of the molecule is CC(C)CN(C)C(C)C[C@H](C=O)ONC(=O)c1ccccc1. The first-order valence-electron chi connectivity index (χ1n) is 7.60. The van der Waals surface area contributed by atoms with Crippen LogP contribution in [0.1, 0.15) is 37.6 Å². The molecule has 5 heteroatoms. The third-order valence-corrected chi connectivity index (χ3v) is 3.47. The Labute approximate surface area is 132 Å². The highest BCUT2D eigenvalue weighted by atomic mass is 16.7. The summed E-state index contributed by atoms with van der Waals surface area (Å²) in [6.07, 6.45) is 0.601. The molecule has 1 rings (SSSR count). The largest absolute Gasteiger partial charge is 0.303 e. The average Bonchev–Trinajstić information content (AvgIpc) is 2.50. The van der Waals surface area contributed by atoms with Gasteiger partial charge >= 0.3 is 0 Å². The highest BCUT2D eigenvalue weighted by molar-refractivity contribution is 5.93. The monoisotopic (exact) mass is 306 g/mol. The number of hydrogen-bond donors (Lipinski definition) is 1. The van der Waals surface area contributed by atoms with Gasteiger partial charge in [-0.05, 0) is 38.4 Å². The second-order valence-electron chi connectivity index (χ2n) is 6.01. The molecule has 0 heterocycles. The smallest absolute Gasteiger partial charge is 0.274 e. The van der Waals surface area contributed by atoms with Gasteiger partial charge in [-0.2, -0.15) is 0 Å². The van der Waals surface area contributed by atoms with Crippen molar-refractivity contribution in [2.45, 2.75) is 39.3 Å². The molecule has 0 aliphatic heterocycles. The predicted molar refractivity (Wildman–Crippen MR) is 86.4 cm³/mol. The van der Waals surface area contributed by atoms with Gasteiger partial charge in [-0.1, -0.05) is 32.0 Å². The van der Waals surface area contributed by atoms with Crippen molar-refractivity contribution in [3.8, 4) is 0 Å². The summed E-state index contributed by atoms with van der Waals surface area (Å²) in [5.41, 5.74) is 2.84. The van der Waals surface area contributed by atoms with Crippen LogP contribution >= 0.6 is 0 Å². The van der Waals surface area contributed by atoms with Crippen LogP contribution in [0.2, 0.25) is 0 Å². The number of aldehydes is 1. The third-order valence-electron chi connectivity index (χ3n) is 3.47. The summed E-state index contributed by atoms with van der Waals surface area (Å²) in [6, 6.07) is 8.94. The number of hydroxylamine groups is 1. The minimum absolute atomic E-state index is 0.186. The van der Waals surface area contributed by atoms with Gasteiger partial charge in [0.1, 0.15) is 6.10 Å². The second kappa shape index (κ2) is 9.33. The van der Waals surface area contributed by atoms with Crippen LogP contribution in [0.15, 0.2) is 30.3 Å². The molecule has 0 saturated carbocycles. The molecule has 0 bridgehead atoms. The van der Waals surface area contributed by atoms with Gasteiger partial charge in [0.05, 0.1) is 0 Å². The van der Waals surface area contributed by atoms with E-state index in [0.29, 0.717) is 17.9 Å². The van der Waals surface area contributed by atoms with Crippen molar-refractivity contribution in [3.63, 3.8) is 0 Å². The molecule has 5 nitrogen and oxygen atoms in total. The summed E-state index contributed by atoms with van der Waals surface area (Å²) >= 11 is 0. The fourth-order valence-electron chi connectivity index (χ4n) is 2.18. The molecule has 1 unspecified atom stereocenters. The highest BCUT2D eigenvalue weighted by Crippen LogP contribution is 2.09. The van der Waals surface area contributed by atoms with Gasteiger partial charge in [0, 0.05) is 18.2 Å². The van der Waals surface area contributed by atoms with Gasteiger partial charge in [0.15, 0.2) is 6.29 Å². The first-order chi connectivity index (χ1) is 10.4. The van der Waals surface area contributed by atoms with Gasteiger partial charge in [0.2, 0.25) is 0 Å². The van der Waals surface area contributed by atoms with Gasteiger partial charge in [0.25, 0.3) is 5.91 Å². The first-order valence-corrected chi connectivity index (χ1v) is 7.60. The fourth-order valence-corrected chi connectivity index (χ4v) is 2.18. The lowest BCUT2D eigenvalue weighted by atomic mass is 10.1. The number of carbonyl (C=O) groups is 2. The lowest BCUT2D eigenvalue weighted by molar-refractivity contribution is -0.123. The van der Waals surface area contributed by atoms with E-state index < -0.39 is 6.10 Å². The van der Waals surface area contributed by atoms with E-state index in [0.717, 1.165) is 12.8 Å². The van der Waals surface area contributed by atoms with E-state index in [9.17, 15) is 9.59 Å². The topological polar surface area (TPSA) is 58.6 Å². The number of carbonyl (C=O) groups excluding carboxylic acids is 2. The van der Waals surface area contributed by atoms with Crippen molar-refractivity contribution in [1.29, 1.82) is 0 Å². The van der Waals surface area contributed by atoms with E-state index in [1.54, 1.807) is 24.3 Å². The summed E-state index contributed by atoms with van der Waals surface area (Å²) in [4.78, 5) is 30.4. The number of hydrogen-bond acceptors (Lipinski definition) is 4. The molecule has 0 spiro atoms. The summed E-state index contributed by atoms with van der Waals surface area (Å²) in [5.74, 6) is 0.205. The lowest BCUT2D eigenvalue weighted by Crippen LogP contribution is -2.38. The van der Waals surface area contributed by atoms with Crippen LogP contribution in [0.25, 0.3) is 0 Å². The Balaban J connectivity index is 2.45. The van der Waals surface area contributed by atoms with Gasteiger partial charge in [-0.15, -0.1) is 0 Å². The minimum atomic E-state index is -0.655. The Morgan fingerprint density at radius 1 is 1.27 bits per heavy atom. The quantitative estimate of drug-likeness (QED) is 0.562. The summed E-state index contributed by atoms with van der Waals surface area (Å²) in [7, 11) is 2.02. The zero-order chi connectivity index (χ0) is 16.5. The van der Waals surface area contributed by atoms with E-state index in [-0.39, 0.29) is 11.9 Å². The molecule has 0 aliphatic carbocycles. The van der Waals surface area contributed by atoms with Crippen LogP contribution < -0.4 is 5.48 Å². The van der Waals surface area contributed by atoms with Crippen molar-refractivity contribution in [2.75, 3.05) is 13.6 Å². The molecule has 22 heavy (non-hydrogen) atoms. The summed E-state index contributed by atoms with van der Waals surface area (Å²) in [6.45, 7) is 7.29. The third kappa shape index (κ3) is 6.37.